The fourth-order valence-electron chi connectivity index (χ4n) is 3.47. The number of imide groups is 1. The maximum atomic E-state index is 12.9. The van der Waals surface area contributed by atoms with Crippen LogP contribution in [0.25, 0.3) is 11.6 Å². The van der Waals surface area contributed by atoms with Crippen molar-refractivity contribution in [3.63, 3.8) is 0 Å². The Balaban J connectivity index is 2.04. The summed E-state index contributed by atoms with van der Waals surface area (Å²) in [6, 6.07) is 5.40. The summed E-state index contributed by atoms with van der Waals surface area (Å²) in [6.07, 6.45) is 7.64. The zero-order chi connectivity index (χ0) is 24.1. The van der Waals surface area contributed by atoms with Gasteiger partial charge in [0.25, 0.3) is 11.8 Å². The van der Waals surface area contributed by atoms with E-state index in [1.54, 1.807) is 19.1 Å². The second-order valence-electron chi connectivity index (χ2n) is 7.58. The fraction of sp³-hybridized carbons (Fsp3) is 0.240. The number of carbonyl (C=O) groups excluding carboxylic acids is 2. The van der Waals surface area contributed by atoms with Crippen LogP contribution in [0.4, 0.5) is 0 Å². The molecule has 8 heteroatoms. The molecular formula is C25H25N3O5. The number of amides is 2. The maximum absolute atomic E-state index is 12.9. The van der Waals surface area contributed by atoms with Crippen molar-refractivity contribution >= 4 is 23.5 Å². The highest BCUT2D eigenvalue weighted by atomic mass is 17.3. The van der Waals surface area contributed by atoms with E-state index in [2.05, 4.69) is 16.9 Å². The molecule has 170 valence electrons. The van der Waals surface area contributed by atoms with Gasteiger partial charge in [-0.2, -0.15) is 5.26 Å². The largest absolute Gasteiger partial charge is 0.457 e. The molecule has 0 unspecified atom stereocenters. The smallest absolute Gasteiger partial charge is 0.271 e. The van der Waals surface area contributed by atoms with Crippen LogP contribution in [0.5, 0.6) is 0 Å². The monoisotopic (exact) mass is 447 g/mol. The minimum absolute atomic E-state index is 0.00798. The second kappa shape index (κ2) is 10.1. The third-order valence-corrected chi connectivity index (χ3v) is 5.49. The Kier molecular flexibility index (Phi) is 7.28. The van der Waals surface area contributed by atoms with E-state index in [9.17, 15) is 14.9 Å². The average Bonchev–Trinajstić information content (AvgIpc) is 3.21. The molecule has 0 saturated carbocycles. The van der Waals surface area contributed by atoms with E-state index >= 15 is 0 Å². The number of nitrogens with zero attached hydrogens (tertiary/aromatic N) is 2. The summed E-state index contributed by atoms with van der Waals surface area (Å²) >= 11 is 0. The summed E-state index contributed by atoms with van der Waals surface area (Å²) in [5.41, 5.74) is 6.90. The van der Waals surface area contributed by atoms with E-state index in [1.165, 1.54) is 24.8 Å². The summed E-state index contributed by atoms with van der Waals surface area (Å²) in [7, 11) is 1.40. The Labute approximate surface area is 192 Å². The highest BCUT2D eigenvalue weighted by Crippen LogP contribution is 2.32. The number of carbonyl (C=O) groups is 2. The van der Waals surface area contributed by atoms with Crippen LogP contribution in [0.2, 0.25) is 0 Å². The van der Waals surface area contributed by atoms with Gasteiger partial charge in [-0.1, -0.05) is 23.3 Å². The number of nitrogens with one attached hydrogen (secondary N) is 1. The van der Waals surface area contributed by atoms with Crippen LogP contribution >= 0.6 is 0 Å². The zero-order valence-electron chi connectivity index (χ0n) is 19.0. The molecule has 0 atom stereocenters. The van der Waals surface area contributed by atoms with Crippen molar-refractivity contribution in [2.75, 3.05) is 13.7 Å². The molecule has 0 saturated heterocycles. The lowest BCUT2D eigenvalue weighted by molar-refractivity contribution is -0.308. The van der Waals surface area contributed by atoms with Gasteiger partial charge in [0.2, 0.25) is 0 Å². The third-order valence-electron chi connectivity index (χ3n) is 5.49. The molecule has 0 fully saturated rings. The number of allylic oxidation sites excluding steroid dienone is 5. The lowest BCUT2D eigenvalue weighted by Gasteiger charge is -2.26. The first-order valence-electron chi connectivity index (χ1n) is 10.3. The van der Waals surface area contributed by atoms with Gasteiger partial charge in [-0.3, -0.25) is 14.5 Å². The van der Waals surface area contributed by atoms with E-state index in [4.69, 9.17) is 9.41 Å². The van der Waals surface area contributed by atoms with E-state index in [1.807, 2.05) is 32.1 Å². The quantitative estimate of drug-likeness (QED) is 0.220. The summed E-state index contributed by atoms with van der Waals surface area (Å²) < 4.78 is 6.04. The van der Waals surface area contributed by atoms with Gasteiger partial charge < -0.3 is 4.42 Å². The predicted octanol–water partition coefficient (Wildman–Crippen LogP) is 4.15. The van der Waals surface area contributed by atoms with Crippen LogP contribution in [0.15, 0.2) is 74.9 Å². The number of rotatable bonds is 7. The molecular weight excluding hydrogens is 422 g/mol. The molecule has 2 heterocycles. The molecule has 1 N–H and O–H groups in total. The molecule has 8 nitrogen and oxygen atoms in total. The van der Waals surface area contributed by atoms with Crippen molar-refractivity contribution in [1.82, 2.24) is 10.4 Å². The predicted molar refractivity (Wildman–Crippen MR) is 122 cm³/mol. The van der Waals surface area contributed by atoms with E-state index in [0.29, 0.717) is 22.8 Å². The van der Waals surface area contributed by atoms with Crippen LogP contribution in [0.1, 0.15) is 38.7 Å². The van der Waals surface area contributed by atoms with E-state index < -0.39 is 11.8 Å². The van der Waals surface area contributed by atoms with E-state index in [0.717, 1.165) is 22.5 Å². The standard InChI is InChI=1S/C25H25N3O5/c1-6-11-28-24(29)19(17(4)21(14-26)25(28)30)13-18-8-10-23(32-18)20-12-16(3)15(2)7-9-22(20)27-33-31-5/h6,8-10,12-13,27H,1,7,11H2,2-5H3/b19-13+. The summed E-state index contributed by atoms with van der Waals surface area (Å²) in [4.78, 5) is 36.0. The summed E-state index contributed by atoms with van der Waals surface area (Å²) in [5, 5.41) is 9.44. The number of hydrogen-bond donors (Lipinski definition) is 1. The fourth-order valence-corrected chi connectivity index (χ4v) is 3.47. The zero-order valence-corrected chi connectivity index (χ0v) is 19.0. The number of hydroxylamine groups is 1. The Morgan fingerprint density at radius 1 is 1.27 bits per heavy atom. The van der Waals surface area contributed by atoms with Crippen LogP contribution in [-0.4, -0.2) is 30.4 Å². The summed E-state index contributed by atoms with van der Waals surface area (Å²) in [5.74, 6) is -0.196. The van der Waals surface area contributed by atoms with Crippen molar-refractivity contribution in [2.45, 2.75) is 27.2 Å². The minimum atomic E-state index is -0.627. The van der Waals surface area contributed by atoms with Gasteiger partial charge >= 0.3 is 0 Å². The Morgan fingerprint density at radius 2 is 2.03 bits per heavy atom. The first-order valence-corrected chi connectivity index (χ1v) is 10.3. The van der Waals surface area contributed by atoms with Gasteiger partial charge in [0.05, 0.1) is 12.8 Å². The van der Waals surface area contributed by atoms with Crippen molar-refractivity contribution in [3.05, 3.63) is 82.0 Å². The van der Waals surface area contributed by atoms with Crippen molar-refractivity contribution in [1.29, 1.82) is 5.26 Å². The molecule has 2 amide bonds. The normalized spacial score (nSPS) is 18.3. The Hall–Kier alpha value is -3.93. The first kappa shape index (κ1) is 23.7. The highest BCUT2D eigenvalue weighted by molar-refractivity contribution is 6.19. The first-order chi connectivity index (χ1) is 15.8. The molecule has 1 aliphatic carbocycles. The number of hydrogen-bond acceptors (Lipinski definition) is 7. The SMILES string of the molecule is C=CCN1C(=O)C(C#N)=C(C)/C(=C\c2ccc(C3=CC(C)=C(C)CC=C3NOOC)o2)C1=O. The summed E-state index contributed by atoms with van der Waals surface area (Å²) in [6.45, 7) is 9.23. The van der Waals surface area contributed by atoms with Gasteiger partial charge in [0, 0.05) is 17.7 Å². The molecule has 0 spiro atoms. The Morgan fingerprint density at radius 3 is 2.70 bits per heavy atom. The van der Waals surface area contributed by atoms with Crippen molar-refractivity contribution in [3.8, 4) is 6.07 Å². The highest BCUT2D eigenvalue weighted by Gasteiger charge is 2.35. The van der Waals surface area contributed by atoms with Crippen molar-refractivity contribution < 1.29 is 23.9 Å². The van der Waals surface area contributed by atoms with Crippen molar-refractivity contribution in [2.24, 2.45) is 0 Å². The van der Waals surface area contributed by atoms with Gasteiger partial charge in [-0.25, -0.2) is 10.4 Å². The lowest BCUT2D eigenvalue weighted by atomic mass is 9.94. The number of furan rings is 1. The molecule has 1 aromatic rings. The van der Waals surface area contributed by atoms with Gasteiger partial charge in [-0.05, 0) is 57.0 Å². The molecule has 0 bridgehead atoms. The Bertz CT molecular complexity index is 1200. The van der Waals surface area contributed by atoms with Gasteiger partial charge in [-0.15, -0.1) is 11.6 Å². The maximum Gasteiger partial charge on any atom is 0.271 e. The average molecular weight is 447 g/mol. The van der Waals surface area contributed by atoms with Crippen LogP contribution < -0.4 is 5.48 Å². The van der Waals surface area contributed by atoms with Crippen LogP contribution in [-0.2, 0) is 19.5 Å². The number of nitriles is 1. The molecule has 0 radical (unpaired) electrons. The molecule has 3 rings (SSSR count). The molecule has 33 heavy (non-hydrogen) atoms. The third kappa shape index (κ3) is 4.80. The topological polar surface area (TPSA) is 105 Å². The van der Waals surface area contributed by atoms with Crippen LogP contribution in [0, 0.1) is 11.3 Å². The molecule has 1 aromatic heterocycles. The molecule has 0 aromatic carbocycles. The lowest BCUT2D eigenvalue weighted by Crippen LogP contribution is -2.42. The van der Waals surface area contributed by atoms with E-state index in [-0.39, 0.29) is 17.7 Å². The van der Waals surface area contributed by atoms with Gasteiger partial charge in [0.1, 0.15) is 23.2 Å². The minimum Gasteiger partial charge on any atom is -0.457 e. The molecule has 1 aliphatic heterocycles. The van der Waals surface area contributed by atoms with Crippen LogP contribution in [0.3, 0.4) is 0 Å². The van der Waals surface area contributed by atoms with Gasteiger partial charge in [0.15, 0.2) is 0 Å². The second-order valence-corrected chi connectivity index (χ2v) is 7.58. The molecule has 2 aliphatic rings.